The largest absolute Gasteiger partial charge is 0.309 e. The summed E-state index contributed by atoms with van der Waals surface area (Å²) in [6.45, 7) is 0. The van der Waals surface area contributed by atoms with E-state index in [1.165, 1.54) is 52.8 Å². The normalized spacial score (nSPS) is 11.8. The molecular formula is C63H39N5S. The highest BCUT2D eigenvalue weighted by molar-refractivity contribution is 7.25. The number of benzene rings is 10. The molecule has 0 radical (unpaired) electrons. The van der Waals surface area contributed by atoms with E-state index in [1.807, 2.05) is 18.2 Å². The van der Waals surface area contributed by atoms with Crippen molar-refractivity contribution >= 4 is 75.1 Å². The van der Waals surface area contributed by atoms with E-state index in [-0.39, 0.29) is 0 Å². The van der Waals surface area contributed by atoms with Gasteiger partial charge in [0.2, 0.25) is 0 Å². The van der Waals surface area contributed by atoms with Gasteiger partial charge in [-0.05, 0) is 95.1 Å². The van der Waals surface area contributed by atoms with Crippen molar-refractivity contribution in [3.8, 4) is 67.8 Å². The first-order valence-electron chi connectivity index (χ1n) is 23.3. The van der Waals surface area contributed by atoms with Gasteiger partial charge in [0, 0.05) is 69.8 Å². The Morgan fingerprint density at radius 1 is 0.275 bits per heavy atom. The smallest absolute Gasteiger partial charge is 0.164 e. The Balaban J connectivity index is 1.04. The van der Waals surface area contributed by atoms with Crippen molar-refractivity contribution in [2.75, 3.05) is 0 Å². The van der Waals surface area contributed by atoms with Gasteiger partial charge in [-0.25, -0.2) is 15.0 Å². The van der Waals surface area contributed by atoms with Gasteiger partial charge in [0.05, 0.1) is 22.1 Å². The van der Waals surface area contributed by atoms with Crippen LogP contribution in [-0.2, 0) is 0 Å². The van der Waals surface area contributed by atoms with Crippen molar-refractivity contribution in [3.05, 3.63) is 237 Å². The molecule has 0 saturated heterocycles. The van der Waals surface area contributed by atoms with E-state index in [0.717, 1.165) is 61.3 Å². The Hall–Kier alpha value is -8.97. The van der Waals surface area contributed by atoms with Crippen molar-refractivity contribution < 1.29 is 0 Å². The quantitative estimate of drug-likeness (QED) is 0.160. The summed E-state index contributed by atoms with van der Waals surface area (Å²) in [5.74, 6) is 1.87. The van der Waals surface area contributed by atoms with E-state index in [9.17, 15) is 0 Å². The number of hydrogen-bond donors (Lipinski definition) is 0. The molecule has 0 aliphatic carbocycles. The first-order valence-corrected chi connectivity index (χ1v) is 24.1. The van der Waals surface area contributed by atoms with E-state index in [2.05, 4.69) is 228 Å². The molecule has 0 fully saturated rings. The summed E-state index contributed by atoms with van der Waals surface area (Å²) in [5, 5.41) is 7.22. The molecule has 69 heavy (non-hydrogen) atoms. The van der Waals surface area contributed by atoms with Crippen molar-refractivity contribution in [2.45, 2.75) is 0 Å². The van der Waals surface area contributed by atoms with Gasteiger partial charge in [-0.3, -0.25) is 0 Å². The Morgan fingerprint density at radius 2 is 0.797 bits per heavy atom. The third-order valence-electron chi connectivity index (χ3n) is 13.5. The second-order valence-corrected chi connectivity index (χ2v) is 18.7. The van der Waals surface area contributed by atoms with Crippen molar-refractivity contribution in [1.82, 2.24) is 24.1 Å². The molecule has 0 unspecified atom stereocenters. The minimum atomic E-state index is 0.610. The molecule has 0 bridgehead atoms. The van der Waals surface area contributed by atoms with Crippen LogP contribution in [0.1, 0.15) is 0 Å². The summed E-state index contributed by atoms with van der Waals surface area (Å²) < 4.78 is 7.26. The van der Waals surface area contributed by atoms with Gasteiger partial charge in [-0.1, -0.05) is 164 Å². The topological polar surface area (TPSA) is 48.5 Å². The van der Waals surface area contributed by atoms with E-state index >= 15 is 0 Å². The van der Waals surface area contributed by atoms with Gasteiger partial charge in [-0.15, -0.1) is 11.3 Å². The maximum Gasteiger partial charge on any atom is 0.164 e. The molecule has 0 saturated carbocycles. The summed E-state index contributed by atoms with van der Waals surface area (Å²) in [6.07, 6.45) is 0. The van der Waals surface area contributed by atoms with Gasteiger partial charge in [0.1, 0.15) is 0 Å². The number of nitrogens with zero attached hydrogens (tertiary/aromatic N) is 5. The maximum absolute atomic E-state index is 5.39. The lowest BCUT2D eigenvalue weighted by Crippen LogP contribution is -2.01. The molecular weight excluding hydrogens is 859 g/mol. The number of fused-ring (bicyclic) bond motifs is 9. The molecule has 6 heteroatoms. The lowest BCUT2D eigenvalue weighted by Gasteiger charge is -2.13. The summed E-state index contributed by atoms with van der Waals surface area (Å²) in [5.41, 5.74) is 14.1. The Labute approximate surface area is 401 Å². The van der Waals surface area contributed by atoms with Crippen molar-refractivity contribution in [2.24, 2.45) is 0 Å². The van der Waals surface area contributed by atoms with E-state index < -0.39 is 0 Å². The lowest BCUT2D eigenvalue weighted by molar-refractivity contribution is 1.07. The molecule has 322 valence electrons. The molecule has 4 heterocycles. The first-order chi connectivity index (χ1) is 34.2. The second-order valence-electron chi connectivity index (χ2n) is 17.6. The van der Waals surface area contributed by atoms with Gasteiger partial charge in [-0.2, -0.15) is 0 Å². The average molecular weight is 898 g/mol. The summed E-state index contributed by atoms with van der Waals surface area (Å²) in [4.78, 5) is 15.9. The third kappa shape index (κ3) is 6.49. The molecule has 4 aromatic heterocycles. The van der Waals surface area contributed by atoms with Crippen LogP contribution < -0.4 is 0 Å². The van der Waals surface area contributed by atoms with Crippen LogP contribution in [0.4, 0.5) is 0 Å². The van der Waals surface area contributed by atoms with Crippen LogP contribution >= 0.6 is 11.3 Å². The van der Waals surface area contributed by atoms with E-state index in [1.54, 1.807) is 11.3 Å². The number of hydrogen-bond acceptors (Lipinski definition) is 4. The standard InChI is InChI=1S/C63H39N5S/c1-5-17-40(18-6-1)42-29-32-48-53-35-43(31-34-55(53)67(56(48)37-42)46-21-9-3-10-22-46)52-36-45(38-57-60(52)51-26-13-15-27-54(51)68(57)47-23-11-4-12-24-47)63-65-61(41-19-7-2-8-20-41)64-62(66-63)44-30-33-50-49-25-14-16-28-58(49)69-59(50)39-44/h1-39H. The predicted molar refractivity (Wildman–Crippen MR) is 289 cm³/mol. The summed E-state index contributed by atoms with van der Waals surface area (Å²) in [6, 6.07) is 84.7. The minimum Gasteiger partial charge on any atom is -0.309 e. The fraction of sp³-hybridized carbons (Fsp3) is 0. The molecule has 10 aromatic carbocycles. The molecule has 0 aliphatic rings. The molecule has 0 aliphatic heterocycles. The third-order valence-corrected chi connectivity index (χ3v) is 14.7. The van der Waals surface area contributed by atoms with Crippen LogP contribution in [0.25, 0.3) is 132 Å². The fourth-order valence-electron chi connectivity index (χ4n) is 10.4. The fourth-order valence-corrected chi connectivity index (χ4v) is 11.5. The van der Waals surface area contributed by atoms with Crippen molar-refractivity contribution in [1.29, 1.82) is 0 Å². The van der Waals surface area contributed by atoms with Crippen LogP contribution in [0.5, 0.6) is 0 Å². The maximum atomic E-state index is 5.39. The molecule has 0 amide bonds. The number of rotatable bonds is 7. The molecule has 14 aromatic rings. The molecule has 0 atom stereocenters. The van der Waals surface area contributed by atoms with Crippen LogP contribution in [0.15, 0.2) is 237 Å². The van der Waals surface area contributed by atoms with Gasteiger partial charge < -0.3 is 9.13 Å². The molecule has 0 spiro atoms. The SMILES string of the molecule is c1ccc(-c2ccc3c4cc(-c5cc(-c6nc(-c7ccccc7)nc(-c7ccc8c(c7)sc7ccccc78)n6)cc6c5c5ccccc5n6-c5ccccc5)ccc4n(-c4ccccc4)c3c2)cc1. The Morgan fingerprint density at radius 3 is 1.54 bits per heavy atom. The van der Waals surface area contributed by atoms with E-state index in [0.29, 0.717) is 17.5 Å². The first kappa shape index (κ1) is 39.2. The number of thiophene rings is 1. The highest BCUT2D eigenvalue weighted by Gasteiger charge is 2.22. The van der Waals surface area contributed by atoms with Gasteiger partial charge in [0.15, 0.2) is 17.5 Å². The average Bonchev–Trinajstić information content (AvgIpc) is 4.08. The van der Waals surface area contributed by atoms with Crippen LogP contribution in [-0.4, -0.2) is 24.1 Å². The van der Waals surface area contributed by atoms with Gasteiger partial charge in [0.25, 0.3) is 0 Å². The minimum absolute atomic E-state index is 0.610. The van der Waals surface area contributed by atoms with Crippen LogP contribution in [0.2, 0.25) is 0 Å². The predicted octanol–water partition coefficient (Wildman–Crippen LogP) is 16.8. The lowest BCUT2D eigenvalue weighted by atomic mass is 9.95. The highest BCUT2D eigenvalue weighted by Crippen LogP contribution is 2.44. The summed E-state index contributed by atoms with van der Waals surface area (Å²) >= 11 is 1.80. The zero-order valence-electron chi connectivity index (χ0n) is 37.2. The Bertz CT molecular complexity index is 4290. The van der Waals surface area contributed by atoms with Crippen LogP contribution in [0.3, 0.4) is 0 Å². The van der Waals surface area contributed by atoms with E-state index in [4.69, 9.17) is 15.0 Å². The number of para-hydroxylation sites is 3. The number of aromatic nitrogens is 5. The molecule has 5 nitrogen and oxygen atoms in total. The van der Waals surface area contributed by atoms with Gasteiger partial charge >= 0.3 is 0 Å². The van der Waals surface area contributed by atoms with Crippen molar-refractivity contribution in [3.63, 3.8) is 0 Å². The zero-order chi connectivity index (χ0) is 45.4. The molecule has 14 rings (SSSR count). The summed E-state index contributed by atoms with van der Waals surface area (Å²) in [7, 11) is 0. The van der Waals surface area contributed by atoms with Crippen LogP contribution in [0, 0.1) is 0 Å². The zero-order valence-corrected chi connectivity index (χ0v) is 38.0. The highest BCUT2D eigenvalue weighted by atomic mass is 32.1. The Kier molecular flexibility index (Phi) is 9.00. The monoisotopic (exact) mass is 897 g/mol. The molecule has 0 N–H and O–H groups in total. The second kappa shape index (κ2) is 15.8.